The lowest BCUT2D eigenvalue weighted by Crippen LogP contribution is -2.24. The van der Waals surface area contributed by atoms with E-state index in [9.17, 15) is 0 Å². The molecule has 0 N–H and O–H groups in total. The Hall–Kier alpha value is -0.320. The molecule has 0 spiro atoms. The minimum atomic E-state index is 0.638. The van der Waals surface area contributed by atoms with E-state index in [1.165, 1.54) is 12.8 Å². The zero-order chi connectivity index (χ0) is 12.3. The number of aromatic nitrogens is 1. The molecule has 1 aliphatic rings. The van der Waals surface area contributed by atoms with Gasteiger partial charge in [0.25, 0.3) is 0 Å². The van der Waals surface area contributed by atoms with E-state index >= 15 is 0 Å². The van der Waals surface area contributed by atoms with E-state index in [2.05, 4.69) is 25.8 Å². The second kappa shape index (κ2) is 6.03. The van der Waals surface area contributed by atoms with Gasteiger partial charge in [-0.15, -0.1) is 0 Å². The fraction of sp³-hybridized carbons (Fsp3) is 0.583. The maximum atomic E-state index is 5.85. The number of hydrogen-bond donors (Lipinski definition) is 0. The van der Waals surface area contributed by atoms with Crippen molar-refractivity contribution < 1.29 is 4.74 Å². The molecule has 5 heteroatoms. The van der Waals surface area contributed by atoms with Gasteiger partial charge in [0.1, 0.15) is 5.82 Å². The lowest BCUT2D eigenvalue weighted by Gasteiger charge is -2.19. The normalized spacial score (nSPS) is 15.0. The zero-order valence-corrected chi connectivity index (χ0v) is 12.2. The molecule has 0 aromatic carbocycles. The average molecular weight is 320 g/mol. The topological polar surface area (TPSA) is 25.4 Å². The molecule has 17 heavy (non-hydrogen) atoms. The minimum Gasteiger partial charge on any atom is -0.379 e. The molecule has 0 amide bonds. The van der Waals surface area contributed by atoms with Crippen molar-refractivity contribution >= 4 is 33.3 Å². The lowest BCUT2D eigenvalue weighted by molar-refractivity contribution is 0.130. The van der Waals surface area contributed by atoms with Crippen LogP contribution in [0.5, 0.6) is 0 Å². The number of likely N-dealkylation sites (N-methyl/N-ethyl adjacent to an activating group) is 1. The van der Waals surface area contributed by atoms with Crippen LogP contribution in [0.15, 0.2) is 16.7 Å². The maximum Gasteiger partial charge on any atom is 0.142 e. The first kappa shape index (κ1) is 13.1. The summed E-state index contributed by atoms with van der Waals surface area (Å²) in [6.45, 7) is 2.48. The molecular weight excluding hydrogens is 304 g/mol. The molecule has 1 fully saturated rings. The van der Waals surface area contributed by atoms with Gasteiger partial charge in [-0.3, -0.25) is 0 Å². The molecule has 0 radical (unpaired) electrons. The molecule has 0 saturated heterocycles. The third-order valence-electron chi connectivity index (χ3n) is 2.77. The Morgan fingerprint density at radius 3 is 3.00 bits per heavy atom. The standard InChI is InChI=1S/C12H16BrClN2O/c1-16(4-5-17-8-9-2-3-9)12-11(13)6-10(14)7-15-12/h6-7,9H,2-5,8H2,1H3. The summed E-state index contributed by atoms with van der Waals surface area (Å²) in [5.74, 6) is 1.71. The van der Waals surface area contributed by atoms with Crippen LogP contribution in [-0.4, -0.2) is 31.8 Å². The Balaban J connectivity index is 1.78. The molecule has 1 heterocycles. The summed E-state index contributed by atoms with van der Waals surface area (Å²) in [5.41, 5.74) is 0. The van der Waals surface area contributed by atoms with Crippen LogP contribution in [0.4, 0.5) is 5.82 Å². The monoisotopic (exact) mass is 318 g/mol. The summed E-state index contributed by atoms with van der Waals surface area (Å²) < 4.78 is 6.51. The highest BCUT2D eigenvalue weighted by molar-refractivity contribution is 9.10. The molecule has 1 aromatic heterocycles. The summed E-state index contributed by atoms with van der Waals surface area (Å²) in [6.07, 6.45) is 4.32. The van der Waals surface area contributed by atoms with Crippen LogP contribution in [0.1, 0.15) is 12.8 Å². The largest absolute Gasteiger partial charge is 0.379 e. The van der Waals surface area contributed by atoms with Crippen molar-refractivity contribution in [2.24, 2.45) is 5.92 Å². The van der Waals surface area contributed by atoms with Crippen molar-refractivity contribution in [1.29, 1.82) is 0 Å². The van der Waals surface area contributed by atoms with Gasteiger partial charge in [0, 0.05) is 26.4 Å². The first-order valence-corrected chi connectivity index (χ1v) is 6.94. The van der Waals surface area contributed by atoms with Gasteiger partial charge in [-0.2, -0.15) is 0 Å². The van der Waals surface area contributed by atoms with Crippen LogP contribution < -0.4 is 4.90 Å². The van der Waals surface area contributed by atoms with Gasteiger partial charge in [-0.05, 0) is 40.8 Å². The van der Waals surface area contributed by atoms with E-state index in [4.69, 9.17) is 16.3 Å². The van der Waals surface area contributed by atoms with E-state index in [1.807, 2.05) is 13.1 Å². The second-order valence-corrected chi connectivity index (χ2v) is 5.69. The number of anilines is 1. The van der Waals surface area contributed by atoms with Crippen molar-refractivity contribution in [3.05, 3.63) is 21.8 Å². The first-order chi connectivity index (χ1) is 8.16. The molecule has 2 rings (SSSR count). The average Bonchev–Trinajstić information content (AvgIpc) is 3.08. The van der Waals surface area contributed by atoms with E-state index < -0.39 is 0 Å². The van der Waals surface area contributed by atoms with E-state index in [0.29, 0.717) is 5.02 Å². The molecule has 0 bridgehead atoms. The van der Waals surface area contributed by atoms with Crippen molar-refractivity contribution in [3.63, 3.8) is 0 Å². The van der Waals surface area contributed by atoms with Crippen LogP contribution in [0.3, 0.4) is 0 Å². The van der Waals surface area contributed by atoms with E-state index in [0.717, 1.165) is 36.0 Å². The van der Waals surface area contributed by atoms with Gasteiger partial charge >= 0.3 is 0 Å². The summed E-state index contributed by atoms with van der Waals surface area (Å²) in [6, 6.07) is 1.85. The Morgan fingerprint density at radius 2 is 2.35 bits per heavy atom. The van der Waals surface area contributed by atoms with Crippen molar-refractivity contribution in [2.75, 3.05) is 31.7 Å². The summed E-state index contributed by atoms with van der Waals surface area (Å²) in [4.78, 5) is 6.36. The Kier molecular flexibility index (Phi) is 4.65. The molecule has 0 unspecified atom stereocenters. The molecule has 94 valence electrons. The highest BCUT2D eigenvalue weighted by atomic mass is 79.9. The van der Waals surface area contributed by atoms with Crippen molar-refractivity contribution in [3.8, 4) is 0 Å². The Labute approximate surface area is 115 Å². The smallest absolute Gasteiger partial charge is 0.142 e. The molecule has 1 saturated carbocycles. The zero-order valence-electron chi connectivity index (χ0n) is 9.83. The van der Waals surface area contributed by atoms with Gasteiger partial charge in [0.2, 0.25) is 0 Å². The first-order valence-electron chi connectivity index (χ1n) is 5.76. The minimum absolute atomic E-state index is 0.638. The SMILES string of the molecule is CN(CCOCC1CC1)c1ncc(Cl)cc1Br. The van der Waals surface area contributed by atoms with Crippen molar-refractivity contribution in [2.45, 2.75) is 12.8 Å². The van der Waals surface area contributed by atoms with E-state index in [1.54, 1.807) is 6.20 Å². The third kappa shape index (κ3) is 4.12. The number of ether oxygens (including phenoxy) is 1. The van der Waals surface area contributed by atoms with E-state index in [-0.39, 0.29) is 0 Å². The predicted octanol–water partition coefficient (Wildman–Crippen LogP) is 3.36. The number of rotatable bonds is 6. The van der Waals surface area contributed by atoms with Crippen LogP contribution in [-0.2, 0) is 4.74 Å². The van der Waals surface area contributed by atoms with Gasteiger partial charge in [-0.1, -0.05) is 11.6 Å². The Bertz CT molecular complexity index is 385. The van der Waals surface area contributed by atoms with Crippen LogP contribution in [0.25, 0.3) is 0 Å². The quantitative estimate of drug-likeness (QED) is 0.752. The van der Waals surface area contributed by atoms with Gasteiger partial charge in [0.05, 0.1) is 16.1 Å². The van der Waals surface area contributed by atoms with Crippen LogP contribution >= 0.6 is 27.5 Å². The van der Waals surface area contributed by atoms with Crippen molar-refractivity contribution in [1.82, 2.24) is 4.98 Å². The number of nitrogens with zero attached hydrogens (tertiary/aromatic N) is 2. The predicted molar refractivity (Wildman–Crippen MR) is 73.8 cm³/mol. The molecular formula is C12H16BrClN2O. The maximum absolute atomic E-state index is 5.85. The highest BCUT2D eigenvalue weighted by Crippen LogP contribution is 2.29. The highest BCUT2D eigenvalue weighted by Gasteiger charge is 2.21. The van der Waals surface area contributed by atoms with Gasteiger partial charge in [-0.25, -0.2) is 4.98 Å². The lowest BCUT2D eigenvalue weighted by atomic mass is 10.4. The molecule has 1 aromatic rings. The number of hydrogen-bond acceptors (Lipinski definition) is 3. The number of halogens is 2. The second-order valence-electron chi connectivity index (χ2n) is 4.40. The van der Waals surface area contributed by atoms with Gasteiger partial charge < -0.3 is 9.64 Å². The fourth-order valence-electron chi connectivity index (χ4n) is 1.53. The molecule has 0 atom stereocenters. The number of pyridine rings is 1. The Morgan fingerprint density at radius 1 is 1.59 bits per heavy atom. The van der Waals surface area contributed by atoms with Crippen LogP contribution in [0.2, 0.25) is 5.02 Å². The van der Waals surface area contributed by atoms with Gasteiger partial charge in [0.15, 0.2) is 0 Å². The molecule has 3 nitrogen and oxygen atoms in total. The third-order valence-corrected chi connectivity index (χ3v) is 3.56. The molecule has 0 aliphatic heterocycles. The summed E-state index contributed by atoms with van der Waals surface area (Å²) >= 11 is 9.31. The summed E-state index contributed by atoms with van der Waals surface area (Å²) in [7, 11) is 2.00. The fourth-order valence-corrected chi connectivity index (χ4v) is 2.47. The molecule has 1 aliphatic carbocycles. The van der Waals surface area contributed by atoms with Crippen LogP contribution in [0, 0.1) is 5.92 Å². The summed E-state index contributed by atoms with van der Waals surface area (Å²) in [5, 5.41) is 0.638.